The lowest BCUT2D eigenvalue weighted by Crippen LogP contribution is -2.10. The normalized spacial score (nSPS) is 10.0. The first-order valence-corrected chi connectivity index (χ1v) is 6.13. The van der Waals surface area contributed by atoms with Crippen molar-refractivity contribution in [1.82, 2.24) is 0 Å². The third-order valence-corrected chi connectivity index (χ3v) is 2.60. The van der Waals surface area contributed by atoms with Gasteiger partial charge in [0.15, 0.2) is 5.78 Å². The second-order valence-corrected chi connectivity index (χ2v) is 4.06. The molecule has 0 saturated carbocycles. The van der Waals surface area contributed by atoms with Crippen LogP contribution in [0, 0.1) is 0 Å². The maximum atomic E-state index is 11.6. The van der Waals surface area contributed by atoms with Gasteiger partial charge in [-0.25, -0.2) is 9.59 Å². The van der Waals surface area contributed by atoms with E-state index >= 15 is 0 Å². The van der Waals surface area contributed by atoms with Crippen LogP contribution in [-0.4, -0.2) is 35.3 Å². The second kappa shape index (κ2) is 6.89. The van der Waals surface area contributed by atoms with E-state index in [1.54, 1.807) is 6.92 Å². The number of carbonyl (C=O) groups excluding carboxylic acids is 2. The molecule has 0 aliphatic carbocycles. The zero-order chi connectivity index (χ0) is 14.4. The average Bonchev–Trinajstić information content (AvgIpc) is 2.38. The minimum absolute atomic E-state index is 0.0168. The third-order valence-electron chi connectivity index (χ3n) is 2.30. The molecule has 0 heterocycles. The van der Waals surface area contributed by atoms with Gasteiger partial charge in [0.2, 0.25) is 0 Å². The molecule has 0 saturated heterocycles. The molecule has 0 atom stereocenters. The van der Waals surface area contributed by atoms with Crippen molar-refractivity contribution in [3.63, 3.8) is 0 Å². The summed E-state index contributed by atoms with van der Waals surface area (Å²) in [4.78, 5) is 33.9. The van der Waals surface area contributed by atoms with Crippen molar-refractivity contribution in [3.8, 4) is 0 Å². The lowest BCUT2D eigenvalue weighted by Gasteiger charge is -2.06. The van der Waals surface area contributed by atoms with E-state index in [2.05, 4.69) is 0 Å². The molecular weight excluding hydrogens is 272 g/mol. The molecule has 1 N–H and O–H groups in total. The molecule has 1 rings (SSSR count). The highest BCUT2D eigenvalue weighted by Crippen LogP contribution is 2.13. The Kier molecular flexibility index (Phi) is 5.51. The number of benzene rings is 1. The van der Waals surface area contributed by atoms with Gasteiger partial charge in [-0.05, 0) is 30.7 Å². The van der Waals surface area contributed by atoms with E-state index in [1.165, 1.54) is 18.2 Å². The van der Waals surface area contributed by atoms with E-state index in [0.29, 0.717) is 5.56 Å². The van der Waals surface area contributed by atoms with Gasteiger partial charge >= 0.3 is 11.9 Å². The number of esters is 1. The van der Waals surface area contributed by atoms with Crippen LogP contribution in [0.15, 0.2) is 18.2 Å². The molecule has 19 heavy (non-hydrogen) atoms. The van der Waals surface area contributed by atoms with Gasteiger partial charge in [0.05, 0.1) is 23.6 Å². The summed E-state index contributed by atoms with van der Waals surface area (Å²) in [5, 5.41) is 8.97. The van der Waals surface area contributed by atoms with Gasteiger partial charge in [0.25, 0.3) is 0 Å². The van der Waals surface area contributed by atoms with Crippen LogP contribution in [0.25, 0.3) is 0 Å². The van der Waals surface area contributed by atoms with Crippen LogP contribution in [0.2, 0.25) is 0 Å². The van der Waals surface area contributed by atoms with Crippen molar-refractivity contribution in [2.75, 3.05) is 12.5 Å². The van der Waals surface area contributed by atoms with Crippen molar-refractivity contribution < 1.29 is 24.2 Å². The number of carboxylic acid groups (broad SMARTS) is 1. The fourth-order valence-corrected chi connectivity index (χ4v) is 1.62. The Hall–Kier alpha value is -1.88. The van der Waals surface area contributed by atoms with Crippen molar-refractivity contribution in [3.05, 3.63) is 34.9 Å². The maximum Gasteiger partial charge on any atom is 0.338 e. The molecule has 0 bridgehead atoms. The predicted molar refractivity (Wildman–Crippen MR) is 68.8 cm³/mol. The zero-order valence-electron chi connectivity index (χ0n) is 10.3. The molecule has 1 aromatic rings. The van der Waals surface area contributed by atoms with Crippen LogP contribution in [0.5, 0.6) is 0 Å². The van der Waals surface area contributed by atoms with Crippen molar-refractivity contribution in [1.29, 1.82) is 0 Å². The van der Waals surface area contributed by atoms with Gasteiger partial charge in [0, 0.05) is 6.42 Å². The number of aromatic carboxylic acids is 1. The van der Waals surface area contributed by atoms with Crippen LogP contribution < -0.4 is 0 Å². The van der Waals surface area contributed by atoms with Crippen molar-refractivity contribution in [2.45, 2.75) is 13.3 Å². The number of carbonyl (C=O) groups is 3. The summed E-state index contributed by atoms with van der Waals surface area (Å²) in [5.41, 5.74) is 0.468. The molecule has 0 aliphatic rings. The number of hydrogen-bond donors (Lipinski definition) is 1. The number of rotatable bonds is 6. The Morgan fingerprint density at radius 1 is 1.21 bits per heavy atom. The Balaban J connectivity index is 3.14. The Labute approximate surface area is 115 Å². The number of halogens is 1. The summed E-state index contributed by atoms with van der Waals surface area (Å²) in [7, 11) is 0. The number of alkyl halides is 1. The van der Waals surface area contributed by atoms with E-state index in [9.17, 15) is 14.4 Å². The zero-order valence-corrected chi connectivity index (χ0v) is 11.1. The summed E-state index contributed by atoms with van der Waals surface area (Å²) in [6, 6.07) is 4.00. The Morgan fingerprint density at radius 3 is 2.37 bits per heavy atom. The van der Waals surface area contributed by atoms with E-state index in [0.717, 1.165) is 0 Å². The van der Waals surface area contributed by atoms with Crippen LogP contribution in [0.4, 0.5) is 0 Å². The minimum Gasteiger partial charge on any atom is -0.478 e. The lowest BCUT2D eigenvalue weighted by molar-refractivity contribution is -0.116. The van der Waals surface area contributed by atoms with E-state index in [-0.39, 0.29) is 35.8 Å². The topological polar surface area (TPSA) is 80.7 Å². The molecule has 102 valence electrons. The number of Topliss-reactive ketones (excluding diaryl/α,β-unsaturated/α-hetero) is 1. The highest BCUT2D eigenvalue weighted by Gasteiger charge is 2.14. The van der Waals surface area contributed by atoms with Crippen molar-refractivity contribution >= 4 is 29.3 Å². The van der Waals surface area contributed by atoms with Crippen LogP contribution in [0.3, 0.4) is 0 Å². The average molecular weight is 285 g/mol. The number of hydrogen-bond acceptors (Lipinski definition) is 4. The molecule has 0 spiro atoms. The van der Waals surface area contributed by atoms with Gasteiger partial charge in [0.1, 0.15) is 0 Å². The first kappa shape index (κ1) is 15.2. The lowest BCUT2D eigenvalue weighted by atomic mass is 10.0. The van der Waals surface area contributed by atoms with Gasteiger partial charge in [-0.3, -0.25) is 4.79 Å². The molecule has 0 unspecified atom stereocenters. The molecule has 0 amide bonds. The van der Waals surface area contributed by atoms with Gasteiger partial charge in [-0.2, -0.15) is 0 Å². The Bertz CT molecular complexity index is 510. The first-order chi connectivity index (χ1) is 8.97. The molecule has 5 nitrogen and oxygen atoms in total. The first-order valence-electron chi connectivity index (χ1n) is 5.60. The predicted octanol–water partition coefficient (Wildman–Crippen LogP) is 1.91. The van der Waals surface area contributed by atoms with Crippen LogP contribution in [0.1, 0.15) is 33.2 Å². The van der Waals surface area contributed by atoms with E-state index in [4.69, 9.17) is 21.4 Å². The van der Waals surface area contributed by atoms with E-state index < -0.39 is 11.9 Å². The van der Waals surface area contributed by atoms with Gasteiger partial charge in [-0.1, -0.05) is 0 Å². The summed E-state index contributed by atoms with van der Waals surface area (Å²) >= 11 is 5.40. The standard InChI is InChI=1S/C13H13ClO5/c1-2-19-13(18)10-4-8(5-11(15)7-14)3-9(6-10)12(16)17/h3-4,6H,2,5,7H2,1H3,(H,16,17). The fraction of sp³-hybridized carbons (Fsp3) is 0.308. The maximum absolute atomic E-state index is 11.6. The van der Waals surface area contributed by atoms with Crippen LogP contribution in [-0.2, 0) is 16.0 Å². The highest BCUT2D eigenvalue weighted by atomic mass is 35.5. The number of ketones is 1. The van der Waals surface area contributed by atoms with E-state index in [1.807, 2.05) is 0 Å². The number of ether oxygens (including phenoxy) is 1. The molecule has 0 fully saturated rings. The summed E-state index contributed by atoms with van der Waals surface area (Å²) in [6.07, 6.45) is -0.0168. The highest BCUT2D eigenvalue weighted by molar-refractivity contribution is 6.27. The second-order valence-electron chi connectivity index (χ2n) is 3.79. The van der Waals surface area contributed by atoms with Crippen LogP contribution >= 0.6 is 11.6 Å². The smallest absolute Gasteiger partial charge is 0.338 e. The summed E-state index contributed by atoms with van der Waals surface area (Å²) in [6.45, 7) is 1.84. The van der Waals surface area contributed by atoms with Crippen molar-refractivity contribution in [2.24, 2.45) is 0 Å². The fourth-order valence-electron chi connectivity index (χ4n) is 1.52. The summed E-state index contributed by atoms with van der Waals surface area (Å²) < 4.78 is 4.81. The quantitative estimate of drug-likeness (QED) is 0.637. The number of carboxylic acids is 1. The molecule has 0 aliphatic heterocycles. The monoisotopic (exact) mass is 284 g/mol. The molecule has 6 heteroatoms. The molecular formula is C13H13ClO5. The SMILES string of the molecule is CCOC(=O)c1cc(CC(=O)CCl)cc(C(=O)O)c1. The van der Waals surface area contributed by atoms with Gasteiger partial charge < -0.3 is 9.84 Å². The largest absolute Gasteiger partial charge is 0.478 e. The summed E-state index contributed by atoms with van der Waals surface area (Å²) in [5.74, 6) is -2.21. The molecule has 0 radical (unpaired) electrons. The molecule has 0 aromatic heterocycles. The minimum atomic E-state index is -1.18. The Morgan fingerprint density at radius 2 is 1.84 bits per heavy atom. The van der Waals surface area contributed by atoms with Gasteiger partial charge in [-0.15, -0.1) is 11.6 Å². The third kappa shape index (κ3) is 4.37. The molecule has 1 aromatic carbocycles.